The number of nitrogens with two attached hydrogens (primary N) is 1. The molecule has 0 radical (unpaired) electrons. The molecule has 2 nitrogen and oxygen atoms in total. The van der Waals surface area contributed by atoms with Gasteiger partial charge in [0.25, 0.3) is 0 Å². The summed E-state index contributed by atoms with van der Waals surface area (Å²) in [6.45, 7) is 8.38. The van der Waals surface area contributed by atoms with Crippen molar-refractivity contribution in [3.05, 3.63) is 29.8 Å². The zero-order valence-electron chi connectivity index (χ0n) is 10.3. The first-order chi connectivity index (χ1) is 7.65. The molecule has 0 aliphatic carbocycles. The zero-order valence-corrected chi connectivity index (χ0v) is 10.3. The van der Waals surface area contributed by atoms with Crippen molar-refractivity contribution >= 4 is 5.69 Å². The van der Waals surface area contributed by atoms with Crippen LogP contribution >= 0.6 is 0 Å². The summed E-state index contributed by atoms with van der Waals surface area (Å²) in [5.41, 5.74) is 8.00. The van der Waals surface area contributed by atoms with Crippen molar-refractivity contribution in [2.45, 2.75) is 20.3 Å². The van der Waals surface area contributed by atoms with Gasteiger partial charge < -0.3 is 10.6 Å². The van der Waals surface area contributed by atoms with E-state index in [4.69, 9.17) is 5.73 Å². The Bertz CT molecular complexity index is 338. The maximum absolute atomic E-state index is 5.77. The predicted molar refractivity (Wildman–Crippen MR) is 69.3 cm³/mol. The number of likely N-dealkylation sites (tertiary alicyclic amines) is 1. The van der Waals surface area contributed by atoms with Gasteiger partial charge in [-0.1, -0.05) is 26.0 Å². The minimum absolute atomic E-state index is 0.848. The van der Waals surface area contributed by atoms with E-state index in [1.807, 2.05) is 12.1 Å². The quantitative estimate of drug-likeness (QED) is 0.789. The van der Waals surface area contributed by atoms with Gasteiger partial charge in [-0.05, 0) is 36.0 Å². The largest absolute Gasteiger partial charge is 0.399 e. The normalized spacial score (nSPS) is 26.1. The number of benzene rings is 1. The van der Waals surface area contributed by atoms with E-state index in [9.17, 15) is 0 Å². The second-order valence-electron chi connectivity index (χ2n) is 5.21. The fraction of sp³-hybridized carbons (Fsp3) is 0.571. The smallest absolute Gasteiger partial charge is 0.0316 e. The lowest BCUT2D eigenvalue weighted by Crippen LogP contribution is -2.23. The Morgan fingerprint density at radius 2 is 1.94 bits per heavy atom. The summed E-state index contributed by atoms with van der Waals surface area (Å²) in [6.07, 6.45) is 1.12. The molecule has 1 aliphatic rings. The third-order valence-electron chi connectivity index (χ3n) is 3.73. The third kappa shape index (κ3) is 2.76. The van der Waals surface area contributed by atoms with Crippen LogP contribution in [0.4, 0.5) is 5.69 Å². The molecule has 16 heavy (non-hydrogen) atoms. The van der Waals surface area contributed by atoms with Crippen molar-refractivity contribution in [2.24, 2.45) is 11.8 Å². The molecular formula is C14H22N2. The number of hydrogen-bond acceptors (Lipinski definition) is 2. The van der Waals surface area contributed by atoms with E-state index in [1.54, 1.807) is 0 Å². The summed E-state index contributed by atoms with van der Waals surface area (Å²) < 4.78 is 0. The van der Waals surface area contributed by atoms with Gasteiger partial charge in [0.1, 0.15) is 0 Å². The van der Waals surface area contributed by atoms with Gasteiger partial charge in [0.2, 0.25) is 0 Å². The van der Waals surface area contributed by atoms with Crippen molar-refractivity contribution < 1.29 is 0 Å². The Kier molecular flexibility index (Phi) is 3.49. The van der Waals surface area contributed by atoms with Crippen LogP contribution in [0.25, 0.3) is 0 Å². The number of nitrogen functional groups attached to an aromatic ring is 1. The Morgan fingerprint density at radius 1 is 1.25 bits per heavy atom. The fourth-order valence-electron chi connectivity index (χ4n) is 2.47. The van der Waals surface area contributed by atoms with Gasteiger partial charge in [-0.3, -0.25) is 0 Å². The van der Waals surface area contributed by atoms with Gasteiger partial charge in [0.05, 0.1) is 0 Å². The predicted octanol–water partition coefficient (Wildman–Crippen LogP) is 2.40. The summed E-state index contributed by atoms with van der Waals surface area (Å²) in [5, 5.41) is 0. The highest BCUT2D eigenvalue weighted by molar-refractivity contribution is 5.40. The summed E-state index contributed by atoms with van der Waals surface area (Å²) in [5.74, 6) is 1.70. The van der Waals surface area contributed by atoms with Crippen molar-refractivity contribution in [1.29, 1.82) is 0 Å². The van der Waals surface area contributed by atoms with E-state index >= 15 is 0 Å². The second kappa shape index (κ2) is 4.88. The fourth-order valence-corrected chi connectivity index (χ4v) is 2.47. The monoisotopic (exact) mass is 218 g/mol. The maximum atomic E-state index is 5.77. The molecule has 88 valence electrons. The molecule has 2 atom stereocenters. The van der Waals surface area contributed by atoms with Gasteiger partial charge in [0.15, 0.2) is 0 Å². The lowest BCUT2D eigenvalue weighted by Gasteiger charge is -2.15. The minimum atomic E-state index is 0.848. The Hall–Kier alpha value is -1.02. The number of anilines is 1. The first-order valence-corrected chi connectivity index (χ1v) is 6.22. The average Bonchev–Trinajstić information content (AvgIpc) is 2.56. The van der Waals surface area contributed by atoms with Gasteiger partial charge in [-0.2, -0.15) is 0 Å². The zero-order chi connectivity index (χ0) is 11.5. The molecule has 1 aromatic carbocycles. The van der Waals surface area contributed by atoms with E-state index in [-0.39, 0.29) is 0 Å². The SMILES string of the molecule is C[C@@H]1CN(CCc2cccc(N)c2)C[C@@H]1C. The van der Waals surface area contributed by atoms with Crippen LogP contribution in [0.1, 0.15) is 19.4 Å². The summed E-state index contributed by atoms with van der Waals surface area (Å²) in [6, 6.07) is 8.24. The molecule has 2 heteroatoms. The molecule has 0 amide bonds. The van der Waals surface area contributed by atoms with E-state index in [0.717, 1.165) is 30.5 Å². The van der Waals surface area contributed by atoms with Gasteiger partial charge in [-0.25, -0.2) is 0 Å². The molecule has 1 aliphatic heterocycles. The van der Waals surface area contributed by atoms with Crippen molar-refractivity contribution in [2.75, 3.05) is 25.4 Å². The number of nitrogens with zero attached hydrogens (tertiary/aromatic N) is 1. The molecule has 0 aromatic heterocycles. The molecular weight excluding hydrogens is 196 g/mol. The maximum Gasteiger partial charge on any atom is 0.0316 e. The van der Waals surface area contributed by atoms with E-state index < -0.39 is 0 Å². The van der Waals surface area contributed by atoms with Crippen LogP contribution < -0.4 is 5.73 Å². The molecule has 0 saturated carbocycles. The second-order valence-corrected chi connectivity index (χ2v) is 5.21. The topological polar surface area (TPSA) is 29.3 Å². The lowest BCUT2D eigenvalue weighted by atomic mass is 10.0. The van der Waals surface area contributed by atoms with Crippen LogP contribution in [0.3, 0.4) is 0 Å². The molecule has 2 N–H and O–H groups in total. The Labute approximate surface area is 98.4 Å². The Balaban J connectivity index is 1.84. The summed E-state index contributed by atoms with van der Waals surface area (Å²) in [4.78, 5) is 2.57. The van der Waals surface area contributed by atoms with E-state index in [1.165, 1.54) is 18.7 Å². The molecule has 0 spiro atoms. The first-order valence-electron chi connectivity index (χ1n) is 6.22. The molecule has 1 saturated heterocycles. The van der Waals surface area contributed by atoms with Crippen LogP contribution in [-0.2, 0) is 6.42 Å². The lowest BCUT2D eigenvalue weighted by molar-refractivity contribution is 0.328. The van der Waals surface area contributed by atoms with Gasteiger partial charge >= 0.3 is 0 Å². The molecule has 1 fully saturated rings. The first kappa shape index (κ1) is 11.5. The van der Waals surface area contributed by atoms with Crippen molar-refractivity contribution in [1.82, 2.24) is 4.90 Å². The van der Waals surface area contributed by atoms with E-state index in [0.29, 0.717) is 0 Å². The highest BCUT2D eigenvalue weighted by atomic mass is 15.1. The molecule has 1 heterocycles. The number of hydrogen-bond donors (Lipinski definition) is 1. The van der Waals surface area contributed by atoms with Crippen molar-refractivity contribution in [3.63, 3.8) is 0 Å². The van der Waals surface area contributed by atoms with E-state index in [2.05, 4.69) is 30.9 Å². The van der Waals surface area contributed by atoms with Crippen LogP contribution in [0.2, 0.25) is 0 Å². The standard InChI is InChI=1S/C14H22N2/c1-11-9-16(10-12(11)2)7-6-13-4-3-5-14(15)8-13/h3-5,8,11-12H,6-7,9-10,15H2,1-2H3/t11-,12+. The number of rotatable bonds is 3. The van der Waals surface area contributed by atoms with Gasteiger partial charge in [0, 0.05) is 25.3 Å². The van der Waals surface area contributed by atoms with Crippen LogP contribution in [0.5, 0.6) is 0 Å². The highest BCUT2D eigenvalue weighted by Gasteiger charge is 2.25. The van der Waals surface area contributed by atoms with Crippen LogP contribution in [0, 0.1) is 11.8 Å². The average molecular weight is 218 g/mol. The summed E-state index contributed by atoms with van der Waals surface area (Å²) >= 11 is 0. The van der Waals surface area contributed by atoms with Gasteiger partial charge in [-0.15, -0.1) is 0 Å². The van der Waals surface area contributed by atoms with Crippen molar-refractivity contribution in [3.8, 4) is 0 Å². The molecule has 2 rings (SSSR count). The highest BCUT2D eigenvalue weighted by Crippen LogP contribution is 2.22. The van der Waals surface area contributed by atoms with Crippen LogP contribution in [0.15, 0.2) is 24.3 Å². The Morgan fingerprint density at radius 3 is 2.56 bits per heavy atom. The molecule has 0 bridgehead atoms. The summed E-state index contributed by atoms with van der Waals surface area (Å²) in [7, 11) is 0. The third-order valence-corrected chi connectivity index (χ3v) is 3.73. The molecule has 0 unspecified atom stereocenters. The minimum Gasteiger partial charge on any atom is -0.399 e. The molecule has 1 aromatic rings. The van der Waals surface area contributed by atoms with Crippen LogP contribution in [-0.4, -0.2) is 24.5 Å².